The highest BCUT2D eigenvalue weighted by molar-refractivity contribution is 6.17. The van der Waals surface area contributed by atoms with Gasteiger partial charge in [-0.05, 0) is 78.9 Å². The number of esters is 2. The molecular weight excluding hydrogens is 496 g/mol. The number of rotatable bonds is 4. The van der Waals surface area contributed by atoms with Gasteiger partial charge in [-0.2, -0.15) is 0 Å². The molecule has 0 N–H and O–H groups in total. The summed E-state index contributed by atoms with van der Waals surface area (Å²) in [6, 6.07) is 35.1. The van der Waals surface area contributed by atoms with Crippen LogP contribution in [0.15, 0.2) is 109 Å². The monoisotopic (exact) mass is 518 g/mol. The molecule has 0 saturated heterocycles. The lowest BCUT2D eigenvalue weighted by atomic mass is 9.97. The third kappa shape index (κ3) is 4.83. The molecule has 4 nitrogen and oxygen atoms in total. The zero-order chi connectivity index (χ0) is 27.3. The molecule has 6 aromatic rings. The predicted molar refractivity (Wildman–Crippen MR) is 159 cm³/mol. The maximum atomic E-state index is 13.0. The molecule has 0 bridgehead atoms. The Morgan fingerprint density at radius 3 is 1.10 bits per heavy atom. The molecule has 6 aromatic carbocycles. The third-order valence-corrected chi connectivity index (χ3v) is 6.74. The van der Waals surface area contributed by atoms with Gasteiger partial charge in [-0.3, -0.25) is 0 Å². The highest BCUT2D eigenvalue weighted by atomic mass is 16.5. The van der Waals surface area contributed by atoms with Crippen LogP contribution in [0.1, 0.15) is 20.7 Å². The van der Waals surface area contributed by atoms with Crippen LogP contribution in [0, 0.1) is 23.7 Å². The molecule has 4 heteroatoms. The van der Waals surface area contributed by atoms with Crippen molar-refractivity contribution in [2.75, 3.05) is 13.2 Å². The van der Waals surface area contributed by atoms with Gasteiger partial charge in [-0.15, -0.1) is 0 Å². The van der Waals surface area contributed by atoms with E-state index in [0.29, 0.717) is 11.1 Å². The van der Waals surface area contributed by atoms with Crippen molar-refractivity contribution < 1.29 is 19.1 Å². The van der Waals surface area contributed by atoms with Crippen molar-refractivity contribution >= 4 is 55.0 Å². The molecule has 0 amide bonds. The van der Waals surface area contributed by atoms with E-state index in [1.807, 2.05) is 97.1 Å². The number of hydrogen-bond donors (Lipinski definition) is 0. The van der Waals surface area contributed by atoms with Crippen LogP contribution in [0.25, 0.3) is 43.1 Å². The molecule has 0 saturated carbocycles. The molecule has 0 aliphatic heterocycles. The first-order valence-corrected chi connectivity index (χ1v) is 12.8. The Labute approximate surface area is 231 Å². The average molecular weight is 519 g/mol. The molecule has 0 aliphatic rings. The van der Waals surface area contributed by atoms with Gasteiger partial charge in [0.05, 0.1) is 11.1 Å². The van der Waals surface area contributed by atoms with Gasteiger partial charge in [-0.1, -0.05) is 97.1 Å². The number of hydrogen-bond acceptors (Lipinski definition) is 4. The number of benzene rings is 6. The molecule has 0 atom stereocenters. The molecule has 0 aromatic heterocycles. The summed E-state index contributed by atoms with van der Waals surface area (Å²) in [6.45, 7) is -0.209. The summed E-state index contributed by atoms with van der Waals surface area (Å²) in [7, 11) is 0. The van der Waals surface area contributed by atoms with Crippen molar-refractivity contribution in [2.24, 2.45) is 0 Å². The van der Waals surface area contributed by atoms with Crippen molar-refractivity contribution in [1.29, 1.82) is 0 Å². The first kappa shape index (κ1) is 24.7. The number of fused-ring (bicyclic) bond motifs is 4. The summed E-state index contributed by atoms with van der Waals surface area (Å²) in [5.74, 6) is 9.93. The summed E-state index contributed by atoms with van der Waals surface area (Å²) in [5.41, 5.74) is 1.05. The van der Waals surface area contributed by atoms with Crippen LogP contribution in [0.3, 0.4) is 0 Å². The Morgan fingerprint density at radius 1 is 0.475 bits per heavy atom. The lowest BCUT2D eigenvalue weighted by Gasteiger charge is -2.10. The maximum absolute atomic E-state index is 13.0. The van der Waals surface area contributed by atoms with Gasteiger partial charge >= 0.3 is 11.9 Å². The van der Waals surface area contributed by atoms with Crippen molar-refractivity contribution in [3.8, 4) is 23.7 Å². The number of ether oxygens (including phenoxy) is 2. The van der Waals surface area contributed by atoms with Crippen molar-refractivity contribution in [1.82, 2.24) is 0 Å². The van der Waals surface area contributed by atoms with Crippen molar-refractivity contribution in [3.63, 3.8) is 0 Å². The summed E-state index contributed by atoms with van der Waals surface area (Å²) in [4.78, 5) is 26.0. The fourth-order valence-corrected chi connectivity index (χ4v) is 4.98. The lowest BCUT2D eigenvalue weighted by Crippen LogP contribution is -2.07. The molecule has 0 unspecified atom stereocenters. The van der Waals surface area contributed by atoms with E-state index in [-0.39, 0.29) is 13.2 Å². The first-order valence-electron chi connectivity index (χ1n) is 12.8. The van der Waals surface area contributed by atoms with E-state index in [9.17, 15) is 9.59 Å². The number of carbonyl (C=O) groups is 2. The zero-order valence-electron chi connectivity index (χ0n) is 21.4. The van der Waals surface area contributed by atoms with E-state index in [1.165, 1.54) is 0 Å². The van der Waals surface area contributed by atoms with Gasteiger partial charge in [0.2, 0.25) is 0 Å². The lowest BCUT2D eigenvalue weighted by molar-refractivity contribution is 0.0551. The molecule has 190 valence electrons. The highest BCUT2D eigenvalue weighted by Crippen LogP contribution is 2.30. The minimum Gasteiger partial charge on any atom is -0.449 e. The Balaban J connectivity index is 1.12. The van der Waals surface area contributed by atoms with Gasteiger partial charge in [0.1, 0.15) is 0 Å². The van der Waals surface area contributed by atoms with Crippen LogP contribution < -0.4 is 0 Å². The minimum absolute atomic E-state index is 0.104. The van der Waals surface area contributed by atoms with E-state index in [4.69, 9.17) is 9.47 Å². The van der Waals surface area contributed by atoms with E-state index in [2.05, 4.69) is 35.8 Å². The predicted octanol–water partition coefficient (Wildman–Crippen LogP) is 7.32. The quantitative estimate of drug-likeness (QED) is 0.139. The Morgan fingerprint density at radius 2 is 0.775 bits per heavy atom. The normalized spacial score (nSPS) is 10.5. The Bertz CT molecular complexity index is 1810. The Kier molecular flexibility index (Phi) is 6.82. The van der Waals surface area contributed by atoms with Crippen LogP contribution in [0.5, 0.6) is 0 Å². The molecular formula is C36H22O4. The fourth-order valence-electron chi connectivity index (χ4n) is 4.98. The topological polar surface area (TPSA) is 52.6 Å². The second-order valence-corrected chi connectivity index (χ2v) is 9.14. The largest absolute Gasteiger partial charge is 0.449 e. The van der Waals surface area contributed by atoms with Crippen LogP contribution in [-0.4, -0.2) is 25.2 Å². The molecule has 0 fully saturated rings. The average Bonchev–Trinajstić information content (AvgIpc) is 2.99. The fraction of sp³-hybridized carbons (Fsp3) is 0.0556. The SMILES string of the molecule is O=C(OCC#CC#CCOC(=O)c1c2ccccc2cc2ccccc12)c1c2ccccc2cc2ccccc12. The molecule has 0 spiro atoms. The van der Waals surface area contributed by atoms with E-state index in [0.717, 1.165) is 43.1 Å². The van der Waals surface area contributed by atoms with E-state index >= 15 is 0 Å². The van der Waals surface area contributed by atoms with E-state index in [1.54, 1.807) is 0 Å². The standard InChI is InChI=1S/C36H22O4/c37-35(33-29-17-7-3-13-25(29)23-26-14-4-8-18-30(26)33)39-21-11-1-2-12-22-40-36(38)34-31-19-9-5-15-27(31)24-28-16-6-10-20-32(28)34/h3-10,13-20,23-24H,21-22H2. The van der Waals surface area contributed by atoms with Gasteiger partial charge in [-0.25, -0.2) is 9.59 Å². The molecule has 40 heavy (non-hydrogen) atoms. The zero-order valence-corrected chi connectivity index (χ0v) is 21.4. The van der Waals surface area contributed by atoms with Crippen LogP contribution in [-0.2, 0) is 9.47 Å². The smallest absolute Gasteiger partial charge is 0.340 e. The summed E-state index contributed by atoms with van der Waals surface area (Å²) >= 11 is 0. The number of carbonyl (C=O) groups excluding carboxylic acids is 2. The third-order valence-electron chi connectivity index (χ3n) is 6.74. The van der Waals surface area contributed by atoms with Gasteiger partial charge in [0.25, 0.3) is 0 Å². The van der Waals surface area contributed by atoms with Gasteiger partial charge in [0, 0.05) is 0 Å². The van der Waals surface area contributed by atoms with Gasteiger partial charge < -0.3 is 9.47 Å². The second kappa shape index (κ2) is 11.0. The highest BCUT2D eigenvalue weighted by Gasteiger charge is 2.17. The minimum atomic E-state index is -0.438. The summed E-state index contributed by atoms with van der Waals surface area (Å²) in [5, 5.41) is 7.21. The van der Waals surface area contributed by atoms with Gasteiger partial charge in [0.15, 0.2) is 13.2 Å². The summed E-state index contributed by atoms with van der Waals surface area (Å²) < 4.78 is 10.9. The Hall–Kier alpha value is -5.58. The summed E-state index contributed by atoms with van der Waals surface area (Å²) in [6.07, 6.45) is 0. The molecule has 0 aliphatic carbocycles. The van der Waals surface area contributed by atoms with Crippen molar-refractivity contribution in [3.05, 3.63) is 120 Å². The maximum Gasteiger partial charge on any atom is 0.340 e. The van der Waals surface area contributed by atoms with E-state index < -0.39 is 11.9 Å². The van der Waals surface area contributed by atoms with Crippen LogP contribution in [0.2, 0.25) is 0 Å². The molecule has 6 rings (SSSR count). The second-order valence-electron chi connectivity index (χ2n) is 9.14. The first-order chi connectivity index (χ1) is 19.7. The van der Waals surface area contributed by atoms with Crippen LogP contribution in [0.4, 0.5) is 0 Å². The van der Waals surface area contributed by atoms with Crippen molar-refractivity contribution in [2.45, 2.75) is 0 Å². The van der Waals surface area contributed by atoms with Crippen LogP contribution >= 0.6 is 0 Å². The molecule has 0 heterocycles. The molecule has 0 radical (unpaired) electrons.